The highest BCUT2D eigenvalue weighted by molar-refractivity contribution is 6.13. The third kappa shape index (κ3) is 6.72. The molecule has 0 aliphatic carbocycles. The highest BCUT2D eigenvalue weighted by Crippen LogP contribution is 2.28. The normalized spacial score (nSPS) is 18.0. The van der Waals surface area contributed by atoms with E-state index in [9.17, 15) is 4.79 Å². The minimum absolute atomic E-state index is 0.0330. The Morgan fingerprint density at radius 3 is 2.11 bits per heavy atom. The van der Waals surface area contributed by atoms with E-state index in [0.29, 0.717) is 6.54 Å². The van der Waals surface area contributed by atoms with Crippen molar-refractivity contribution >= 4 is 17.5 Å². The molecule has 0 aromatic heterocycles. The van der Waals surface area contributed by atoms with Gasteiger partial charge in [0.1, 0.15) is 17.5 Å². The summed E-state index contributed by atoms with van der Waals surface area (Å²) < 4.78 is 11.9. The van der Waals surface area contributed by atoms with Crippen molar-refractivity contribution in [2.45, 2.75) is 58.3 Å². The third-order valence-electron chi connectivity index (χ3n) is 5.91. The predicted molar refractivity (Wildman–Crippen MR) is 141 cm³/mol. The predicted octanol–water partition coefficient (Wildman–Crippen LogP) is 7.02. The number of nitrogens with zero attached hydrogens (tertiary/aromatic N) is 2. The van der Waals surface area contributed by atoms with Gasteiger partial charge < -0.3 is 14.4 Å². The van der Waals surface area contributed by atoms with E-state index in [2.05, 4.69) is 24.3 Å². The molecule has 0 bridgehead atoms. The maximum Gasteiger partial charge on any atom is 0.410 e. The molecule has 1 amide bonds. The van der Waals surface area contributed by atoms with Crippen molar-refractivity contribution in [1.29, 1.82) is 0 Å². The number of ether oxygens (including phenoxy) is 2. The number of carbonyl (C=O) groups excluding carboxylic acids is 1. The lowest BCUT2D eigenvalue weighted by atomic mass is 10.0. The van der Waals surface area contributed by atoms with Crippen molar-refractivity contribution < 1.29 is 14.3 Å². The number of carbonyl (C=O) groups is 1. The van der Waals surface area contributed by atoms with Crippen LogP contribution in [0.15, 0.2) is 89.9 Å². The largest absolute Gasteiger partial charge is 0.490 e. The van der Waals surface area contributed by atoms with Crippen molar-refractivity contribution in [2.24, 2.45) is 4.99 Å². The van der Waals surface area contributed by atoms with Gasteiger partial charge in [0.25, 0.3) is 0 Å². The fourth-order valence-corrected chi connectivity index (χ4v) is 4.26. The van der Waals surface area contributed by atoms with Crippen LogP contribution >= 0.6 is 0 Å². The molecule has 0 saturated carbocycles. The number of piperidine rings is 1. The molecule has 5 heteroatoms. The number of aliphatic imine (C=N–C) groups is 1. The summed E-state index contributed by atoms with van der Waals surface area (Å²) in [7, 11) is 0. The van der Waals surface area contributed by atoms with Gasteiger partial charge in [-0.3, -0.25) is 0 Å². The summed E-state index contributed by atoms with van der Waals surface area (Å²) in [4.78, 5) is 19.3. The molecule has 1 aliphatic rings. The van der Waals surface area contributed by atoms with Gasteiger partial charge in [0.2, 0.25) is 0 Å². The fourth-order valence-electron chi connectivity index (χ4n) is 4.26. The van der Waals surface area contributed by atoms with E-state index in [-0.39, 0.29) is 18.2 Å². The summed E-state index contributed by atoms with van der Waals surface area (Å²) in [5.74, 6) is 0.787. The summed E-state index contributed by atoms with van der Waals surface area (Å²) in [6.07, 6.45) is 1.29. The Bertz CT molecular complexity index is 1110. The highest BCUT2D eigenvalue weighted by Gasteiger charge is 2.32. The molecule has 4 rings (SSSR count). The quantitative estimate of drug-likeness (QED) is 0.376. The summed E-state index contributed by atoms with van der Waals surface area (Å²) >= 11 is 0. The lowest BCUT2D eigenvalue weighted by Gasteiger charge is -2.38. The van der Waals surface area contributed by atoms with E-state index in [1.165, 1.54) is 0 Å². The average Bonchev–Trinajstić information content (AvgIpc) is 2.83. The molecule has 1 heterocycles. The molecule has 5 nitrogen and oxygen atoms in total. The molecule has 182 valence electrons. The second-order valence-corrected chi connectivity index (χ2v) is 9.98. The Labute approximate surface area is 208 Å². The molecule has 1 saturated heterocycles. The van der Waals surface area contributed by atoms with Crippen molar-refractivity contribution in [3.63, 3.8) is 0 Å². The van der Waals surface area contributed by atoms with Crippen LogP contribution in [0.5, 0.6) is 5.75 Å². The van der Waals surface area contributed by atoms with Crippen LogP contribution in [0.1, 0.15) is 51.7 Å². The zero-order chi connectivity index (χ0) is 24.8. The highest BCUT2D eigenvalue weighted by atomic mass is 16.6. The Hall–Kier alpha value is -3.60. The molecule has 2 atom stereocenters. The van der Waals surface area contributed by atoms with Crippen molar-refractivity contribution in [2.75, 3.05) is 6.54 Å². The lowest BCUT2D eigenvalue weighted by Crippen LogP contribution is -2.49. The van der Waals surface area contributed by atoms with E-state index in [4.69, 9.17) is 14.5 Å². The number of likely N-dealkylation sites (tertiary alicyclic amines) is 1. The minimum atomic E-state index is -0.497. The lowest BCUT2D eigenvalue weighted by molar-refractivity contribution is -0.00102. The molecule has 1 fully saturated rings. The Balaban J connectivity index is 1.48. The first-order valence-electron chi connectivity index (χ1n) is 12.2. The van der Waals surface area contributed by atoms with Gasteiger partial charge in [-0.05, 0) is 39.8 Å². The minimum Gasteiger partial charge on any atom is -0.490 e. The van der Waals surface area contributed by atoms with Crippen LogP contribution in [0.2, 0.25) is 0 Å². The van der Waals surface area contributed by atoms with Gasteiger partial charge in [-0.2, -0.15) is 0 Å². The number of benzene rings is 3. The molecule has 35 heavy (non-hydrogen) atoms. The second kappa shape index (κ2) is 10.8. The molecule has 3 aromatic carbocycles. The second-order valence-electron chi connectivity index (χ2n) is 9.98. The smallest absolute Gasteiger partial charge is 0.410 e. The fraction of sp³-hybridized carbons (Fsp3) is 0.333. The maximum atomic E-state index is 12.5. The Kier molecular flexibility index (Phi) is 7.54. The molecule has 0 radical (unpaired) electrons. The molecule has 0 N–H and O–H groups in total. The molecular weight excluding hydrogens is 436 g/mol. The van der Waals surface area contributed by atoms with Crippen LogP contribution in [0.3, 0.4) is 0 Å². The van der Waals surface area contributed by atoms with E-state index >= 15 is 0 Å². The molecule has 0 spiro atoms. The SMILES string of the molecule is C[C@H]1C[C@H](Oc2cccc(N=C(c3ccccc3)c3ccccc3)c2)CCN1C(=O)OC(C)(C)C. The summed E-state index contributed by atoms with van der Waals surface area (Å²) in [5.41, 5.74) is 3.39. The molecule has 0 unspecified atom stereocenters. The Morgan fingerprint density at radius 1 is 0.914 bits per heavy atom. The first-order valence-corrected chi connectivity index (χ1v) is 12.2. The summed E-state index contributed by atoms with van der Waals surface area (Å²) in [6.45, 7) is 8.34. The monoisotopic (exact) mass is 470 g/mol. The van der Waals surface area contributed by atoms with Crippen LogP contribution in [-0.4, -0.2) is 41.0 Å². The van der Waals surface area contributed by atoms with Crippen LogP contribution in [0.25, 0.3) is 0 Å². The molecular formula is C30H34N2O3. The zero-order valence-corrected chi connectivity index (χ0v) is 21.0. The Morgan fingerprint density at radius 2 is 1.54 bits per heavy atom. The average molecular weight is 471 g/mol. The van der Waals surface area contributed by atoms with Crippen molar-refractivity contribution in [3.05, 3.63) is 96.1 Å². The van der Waals surface area contributed by atoms with Gasteiger partial charge >= 0.3 is 6.09 Å². The van der Waals surface area contributed by atoms with E-state index in [1.54, 1.807) is 4.90 Å². The van der Waals surface area contributed by atoms with Crippen molar-refractivity contribution in [1.82, 2.24) is 4.90 Å². The van der Waals surface area contributed by atoms with Gasteiger partial charge in [0.15, 0.2) is 0 Å². The van der Waals surface area contributed by atoms with Gasteiger partial charge in [0, 0.05) is 42.6 Å². The first-order chi connectivity index (χ1) is 16.8. The van der Waals surface area contributed by atoms with Crippen LogP contribution in [0.4, 0.5) is 10.5 Å². The summed E-state index contributed by atoms with van der Waals surface area (Å²) in [5, 5.41) is 0. The summed E-state index contributed by atoms with van der Waals surface area (Å²) in [6, 6.07) is 28.4. The molecule has 3 aromatic rings. The van der Waals surface area contributed by atoms with Gasteiger partial charge in [-0.15, -0.1) is 0 Å². The van der Waals surface area contributed by atoms with Crippen LogP contribution in [0, 0.1) is 0 Å². The number of hydrogen-bond donors (Lipinski definition) is 0. The standard InChI is InChI=1S/C30H34N2O3/c1-22-20-27(18-19-32(22)29(33)35-30(2,3)4)34-26-17-11-16-25(21-26)31-28(23-12-7-5-8-13-23)24-14-9-6-10-15-24/h5-17,21-22,27H,18-20H2,1-4H3/t22-,27+/m0/s1. The van der Waals surface area contributed by atoms with Gasteiger partial charge in [0.05, 0.1) is 11.4 Å². The maximum absolute atomic E-state index is 12.5. The number of rotatable bonds is 5. The zero-order valence-electron chi connectivity index (χ0n) is 21.0. The van der Waals surface area contributed by atoms with Crippen LogP contribution in [-0.2, 0) is 4.74 Å². The van der Waals surface area contributed by atoms with Gasteiger partial charge in [-0.25, -0.2) is 9.79 Å². The number of amides is 1. The topological polar surface area (TPSA) is 51.1 Å². The van der Waals surface area contributed by atoms with E-state index < -0.39 is 5.60 Å². The van der Waals surface area contributed by atoms with Crippen LogP contribution < -0.4 is 4.74 Å². The third-order valence-corrected chi connectivity index (χ3v) is 5.91. The first kappa shape index (κ1) is 24.5. The number of hydrogen-bond acceptors (Lipinski definition) is 4. The van der Waals surface area contributed by atoms with E-state index in [1.807, 2.05) is 88.4 Å². The van der Waals surface area contributed by atoms with Gasteiger partial charge in [-0.1, -0.05) is 66.7 Å². The van der Waals surface area contributed by atoms with E-state index in [0.717, 1.165) is 41.1 Å². The molecule has 1 aliphatic heterocycles. The van der Waals surface area contributed by atoms with Crippen molar-refractivity contribution in [3.8, 4) is 5.75 Å².